The Hall–Kier alpha value is -1.10. The molecule has 0 aromatic carbocycles. The van der Waals surface area contributed by atoms with Gasteiger partial charge in [-0.05, 0) is 18.8 Å². The van der Waals surface area contributed by atoms with Crippen LogP contribution in [0.4, 0.5) is 0 Å². The van der Waals surface area contributed by atoms with Crippen LogP contribution in [-0.4, -0.2) is 42.4 Å². The lowest BCUT2D eigenvalue weighted by atomic mass is 9.76. The van der Waals surface area contributed by atoms with E-state index in [0.717, 1.165) is 19.3 Å². The van der Waals surface area contributed by atoms with E-state index in [9.17, 15) is 9.59 Å². The van der Waals surface area contributed by atoms with Crippen molar-refractivity contribution >= 4 is 11.8 Å². The minimum absolute atomic E-state index is 0.0452. The largest absolute Gasteiger partial charge is 0.353 e. The number of amides is 2. The van der Waals surface area contributed by atoms with E-state index in [1.165, 1.54) is 0 Å². The summed E-state index contributed by atoms with van der Waals surface area (Å²) in [7, 11) is 0. The highest BCUT2D eigenvalue weighted by atomic mass is 16.2. The first-order valence-corrected chi connectivity index (χ1v) is 6.40. The molecule has 0 spiro atoms. The van der Waals surface area contributed by atoms with Crippen molar-refractivity contribution in [2.24, 2.45) is 17.6 Å². The molecule has 5 nitrogen and oxygen atoms in total. The third-order valence-corrected chi connectivity index (χ3v) is 3.91. The Labute approximate surface area is 102 Å². The van der Waals surface area contributed by atoms with Gasteiger partial charge in [-0.2, -0.15) is 0 Å². The number of carbonyl (C=O) groups is 2. The van der Waals surface area contributed by atoms with Gasteiger partial charge < -0.3 is 16.0 Å². The molecule has 0 aromatic heterocycles. The number of carbonyl (C=O) groups excluding carboxylic acids is 2. The zero-order valence-electron chi connectivity index (χ0n) is 10.3. The van der Waals surface area contributed by atoms with Gasteiger partial charge >= 0.3 is 0 Å². The predicted molar refractivity (Wildman–Crippen MR) is 64.1 cm³/mol. The van der Waals surface area contributed by atoms with E-state index in [1.54, 1.807) is 4.90 Å². The zero-order valence-corrected chi connectivity index (χ0v) is 10.3. The van der Waals surface area contributed by atoms with Gasteiger partial charge in [-0.25, -0.2) is 0 Å². The molecule has 0 aromatic rings. The fourth-order valence-electron chi connectivity index (χ4n) is 2.92. The zero-order chi connectivity index (χ0) is 12.4. The molecular formula is C12H21N3O2. The lowest BCUT2D eigenvalue weighted by Gasteiger charge is -2.37. The summed E-state index contributed by atoms with van der Waals surface area (Å²) in [6.07, 6.45) is 3.08. The molecule has 2 amide bonds. The molecule has 1 saturated heterocycles. The Bertz CT molecular complexity index is 309. The molecule has 17 heavy (non-hydrogen) atoms. The van der Waals surface area contributed by atoms with Crippen LogP contribution in [0.2, 0.25) is 0 Å². The Kier molecular flexibility index (Phi) is 3.66. The number of nitrogens with one attached hydrogen (secondary N) is 1. The number of nitrogens with two attached hydrogens (primary N) is 1. The van der Waals surface area contributed by atoms with Gasteiger partial charge in [-0.1, -0.05) is 13.3 Å². The van der Waals surface area contributed by atoms with E-state index < -0.39 is 0 Å². The maximum atomic E-state index is 12.4. The van der Waals surface area contributed by atoms with Crippen LogP contribution in [0.25, 0.3) is 0 Å². The fourth-order valence-corrected chi connectivity index (χ4v) is 2.92. The summed E-state index contributed by atoms with van der Waals surface area (Å²) in [6, 6.07) is -0.0452. The first-order chi connectivity index (χ1) is 8.09. The highest BCUT2D eigenvalue weighted by molar-refractivity contribution is 5.87. The van der Waals surface area contributed by atoms with Crippen LogP contribution in [0, 0.1) is 11.8 Å². The first-order valence-electron chi connectivity index (χ1n) is 6.40. The molecule has 0 bridgehead atoms. The van der Waals surface area contributed by atoms with Crippen LogP contribution in [-0.2, 0) is 9.59 Å². The SMILES string of the molecule is CC1CCCC(N)C1C(=O)N1CCNC(=O)C1. The van der Waals surface area contributed by atoms with E-state index >= 15 is 0 Å². The predicted octanol–water partition coefficient (Wildman–Crippen LogP) is -0.292. The molecule has 1 saturated carbocycles. The Balaban J connectivity index is 2.04. The minimum Gasteiger partial charge on any atom is -0.353 e. The molecule has 3 N–H and O–H groups in total. The topological polar surface area (TPSA) is 75.4 Å². The average Bonchev–Trinajstić information content (AvgIpc) is 2.28. The van der Waals surface area contributed by atoms with E-state index in [4.69, 9.17) is 5.73 Å². The summed E-state index contributed by atoms with van der Waals surface area (Å²) in [5.41, 5.74) is 6.06. The van der Waals surface area contributed by atoms with Gasteiger partial charge in [0.15, 0.2) is 0 Å². The maximum Gasteiger partial charge on any atom is 0.239 e. The van der Waals surface area contributed by atoms with Gasteiger partial charge in [0.1, 0.15) is 0 Å². The quantitative estimate of drug-likeness (QED) is 0.660. The van der Waals surface area contributed by atoms with Crippen molar-refractivity contribution in [1.82, 2.24) is 10.2 Å². The second-order valence-electron chi connectivity index (χ2n) is 5.21. The summed E-state index contributed by atoms with van der Waals surface area (Å²) in [5.74, 6) is 0.229. The van der Waals surface area contributed by atoms with Crippen molar-refractivity contribution in [1.29, 1.82) is 0 Å². The van der Waals surface area contributed by atoms with Crippen molar-refractivity contribution in [3.63, 3.8) is 0 Å². The van der Waals surface area contributed by atoms with E-state index in [-0.39, 0.29) is 30.3 Å². The highest BCUT2D eigenvalue weighted by Crippen LogP contribution is 2.30. The number of rotatable bonds is 1. The smallest absolute Gasteiger partial charge is 0.239 e. The van der Waals surface area contributed by atoms with E-state index in [2.05, 4.69) is 12.2 Å². The second kappa shape index (κ2) is 5.04. The molecule has 1 heterocycles. The van der Waals surface area contributed by atoms with Gasteiger partial charge in [0.05, 0.1) is 12.5 Å². The van der Waals surface area contributed by atoms with Gasteiger partial charge in [0.2, 0.25) is 11.8 Å². The molecule has 2 rings (SSSR count). The summed E-state index contributed by atoms with van der Waals surface area (Å²) >= 11 is 0. The minimum atomic E-state index is -0.102. The maximum absolute atomic E-state index is 12.4. The van der Waals surface area contributed by atoms with Crippen LogP contribution in [0.5, 0.6) is 0 Å². The summed E-state index contributed by atoms with van der Waals surface area (Å²) in [6.45, 7) is 3.45. The van der Waals surface area contributed by atoms with Crippen molar-refractivity contribution in [2.45, 2.75) is 32.2 Å². The van der Waals surface area contributed by atoms with E-state index in [1.807, 2.05) is 0 Å². The lowest BCUT2D eigenvalue weighted by molar-refractivity contribution is -0.144. The third kappa shape index (κ3) is 2.60. The molecule has 1 aliphatic carbocycles. The Morgan fingerprint density at radius 2 is 2.24 bits per heavy atom. The lowest BCUT2D eigenvalue weighted by Crippen LogP contribution is -2.55. The molecule has 5 heteroatoms. The van der Waals surface area contributed by atoms with Crippen LogP contribution in [0.15, 0.2) is 0 Å². The fraction of sp³-hybridized carbons (Fsp3) is 0.833. The standard InChI is InChI=1S/C12H21N3O2/c1-8-3-2-4-9(13)11(8)12(17)15-6-5-14-10(16)7-15/h8-9,11H,2-7,13H2,1H3,(H,14,16). The van der Waals surface area contributed by atoms with Gasteiger partial charge in [0, 0.05) is 19.1 Å². The van der Waals surface area contributed by atoms with Crippen LogP contribution in [0.1, 0.15) is 26.2 Å². The average molecular weight is 239 g/mol. The molecule has 3 atom stereocenters. The summed E-state index contributed by atoms with van der Waals surface area (Å²) in [4.78, 5) is 25.3. The van der Waals surface area contributed by atoms with Crippen LogP contribution in [0.3, 0.4) is 0 Å². The Morgan fingerprint density at radius 1 is 1.47 bits per heavy atom. The van der Waals surface area contributed by atoms with Crippen molar-refractivity contribution in [2.75, 3.05) is 19.6 Å². The number of piperazine rings is 1. The molecule has 2 fully saturated rings. The van der Waals surface area contributed by atoms with E-state index in [0.29, 0.717) is 19.0 Å². The second-order valence-corrected chi connectivity index (χ2v) is 5.21. The Morgan fingerprint density at radius 3 is 2.88 bits per heavy atom. The van der Waals surface area contributed by atoms with Crippen molar-refractivity contribution in [3.8, 4) is 0 Å². The van der Waals surface area contributed by atoms with Gasteiger partial charge in [-0.3, -0.25) is 9.59 Å². The van der Waals surface area contributed by atoms with Crippen molar-refractivity contribution < 1.29 is 9.59 Å². The van der Waals surface area contributed by atoms with Crippen LogP contribution >= 0.6 is 0 Å². The molecule has 3 unspecified atom stereocenters. The van der Waals surface area contributed by atoms with Crippen molar-refractivity contribution in [3.05, 3.63) is 0 Å². The normalized spacial score (nSPS) is 34.4. The summed E-state index contributed by atoms with van der Waals surface area (Å²) in [5, 5.41) is 2.73. The number of nitrogens with zero attached hydrogens (tertiary/aromatic N) is 1. The summed E-state index contributed by atoms with van der Waals surface area (Å²) < 4.78 is 0. The monoisotopic (exact) mass is 239 g/mol. The molecule has 0 radical (unpaired) electrons. The third-order valence-electron chi connectivity index (χ3n) is 3.91. The van der Waals surface area contributed by atoms with Gasteiger partial charge in [-0.15, -0.1) is 0 Å². The van der Waals surface area contributed by atoms with Gasteiger partial charge in [0.25, 0.3) is 0 Å². The molecule has 96 valence electrons. The van der Waals surface area contributed by atoms with Crippen LogP contribution < -0.4 is 11.1 Å². The number of hydrogen-bond acceptors (Lipinski definition) is 3. The number of hydrogen-bond donors (Lipinski definition) is 2. The first kappa shape index (κ1) is 12.4. The molecule has 2 aliphatic rings. The molecular weight excluding hydrogens is 218 g/mol. The molecule has 1 aliphatic heterocycles. The highest BCUT2D eigenvalue weighted by Gasteiger charge is 2.37.